The van der Waals surface area contributed by atoms with Gasteiger partial charge < -0.3 is 8.98 Å². The fraction of sp³-hybridized carbons (Fsp3) is 0.155. The van der Waals surface area contributed by atoms with Gasteiger partial charge >= 0.3 is 0 Å². The maximum absolute atomic E-state index is 6.91. The highest BCUT2D eigenvalue weighted by Crippen LogP contribution is 2.48. The lowest BCUT2D eigenvalue weighted by Gasteiger charge is -2.36. The zero-order chi connectivity index (χ0) is 40.6. The Morgan fingerprint density at radius 3 is 1.61 bits per heavy atom. The zero-order valence-corrected chi connectivity index (χ0v) is 34.6. The Labute approximate surface area is 355 Å². The van der Waals surface area contributed by atoms with Crippen molar-refractivity contribution in [3.63, 3.8) is 0 Å². The van der Waals surface area contributed by atoms with E-state index in [4.69, 9.17) is 9.41 Å². The van der Waals surface area contributed by atoms with Crippen molar-refractivity contribution in [2.45, 2.75) is 45.1 Å². The molecule has 1 aliphatic heterocycles. The molecule has 0 aliphatic carbocycles. The van der Waals surface area contributed by atoms with Crippen molar-refractivity contribution < 1.29 is 4.42 Å². The van der Waals surface area contributed by atoms with E-state index in [2.05, 4.69) is 200 Å². The molecular formula is C58H46N2O. The zero-order valence-electron chi connectivity index (χ0n) is 34.6. The summed E-state index contributed by atoms with van der Waals surface area (Å²) in [6.45, 7) is 4.78. The molecule has 9 aromatic carbocycles. The number of aromatic nitrogens is 1. The Bertz CT molecular complexity index is 3410. The van der Waals surface area contributed by atoms with E-state index < -0.39 is 0 Å². The van der Waals surface area contributed by atoms with Gasteiger partial charge in [0.05, 0.1) is 22.8 Å². The largest absolute Gasteiger partial charge is 0.456 e. The van der Waals surface area contributed by atoms with E-state index in [0.717, 1.165) is 52.6 Å². The maximum Gasteiger partial charge on any atom is 0.136 e. The van der Waals surface area contributed by atoms with E-state index in [1.807, 2.05) is 0 Å². The third-order valence-corrected chi connectivity index (χ3v) is 13.9. The number of rotatable bonds is 5. The molecule has 3 heterocycles. The second kappa shape index (κ2) is 14.3. The van der Waals surface area contributed by atoms with Gasteiger partial charge in [0, 0.05) is 32.8 Å². The Balaban J connectivity index is 1.23. The molecule has 0 N–H and O–H groups in total. The Morgan fingerprint density at radius 1 is 0.525 bits per heavy atom. The number of hydrogen-bond donors (Lipinski definition) is 0. The van der Waals surface area contributed by atoms with Crippen LogP contribution >= 0.6 is 0 Å². The molecule has 0 bridgehead atoms. The minimum atomic E-state index is -0.0395. The summed E-state index contributed by atoms with van der Waals surface area (Å²) >= 11 is 0. The van der Waals surface area contributed by atoms with Crippen LogP contribution in [0.3, 0.4) is 0 Å². The van der Waals surface area contributed by atoms with Crippen LogP contribution in [0.4, 0.5) is 0 Å². The van der Waals surface area contributed by atoms with Crippen LogP contribution in [0.5, 0.6) is 0 Å². The first-order valence-corrected chi connectivity index (χ1v) is 22.0. The van der Waals surface area contributed by atoms with Crippen molar-refractivity contribution in [2.75, 3.05) is 0 Å². The Hall–Kier alpha value is -6.97. The van der Waals surface area contributed by atoms with Crippen LogP contribution in [-0.2, 0) is 0 Å². The predicted molar refractivity (Wildman–Crippen MR) is 258 cm³/mol. The van der Waals surface area contributed by atoms with Gasteiger partial charge in [-0.15, -0.1) is 0 Å². The lowest BCUT2D eigenvalue weighted by molar-refractivity contribution is 0.311. The summed E-state index contributed by atoms with van der Waals surface area (Å²) in [6.07, 6.45) is 3.13. The smallest absolute Gasteiger partial charge is 0.136 e. The van der Waals surface area contributed by atoms with E-state index in [1.165, 1.54) is 70.8 Å². The van der Waals surface area contributed by atoms with E-state index in [1.54, 1.807) is 0 Å². The van der Waals surface area contributed by atoms with Crippen molar-refractivity contribution >= 4 is 81.8 Å². The van der Waals surface area contributed by atoms with Crippen molar-refractivity contribution in [1.29, 1.82) is 0 Å². The van der Waals surface area contributed by atoms with Crippen molar-refractivity contribution in [1.82, 2.24) is 4.57 Å². The molecule has 294 valence electrons. The van der Waals surface area contributed by atoms with Crippen molar-refractivity contribution in [3.05, 3.63) is 199 Å². The normalized spacial score (nSPS) is 18.7. The summed E-state index contributed by atoms with van der Waals surface area (Å²) < 4.78 is 9.46. The van der Waals surface area contributed by atoms with Gasteiger partial charge in [-0.1, -0.05) is 154 Å². The minimum absolute atomic E-state index is 0.0395. The van der Waals surface area contributed by atoms with Gasteiger partial charge in [-0.2, -0.15) is 0 Å². The molecule has 0 spiro atoms. The fourth-order valence-corrected chi connectivity index (χ4v) is 10.9. The SMILES string of the molecule is CC[C@H]1C(c2ccccc2)CCC(C)C(c2c(-n3c4cc5ccccc5cc4c4cc5ccccc5cc43)ccc3oc4cc5ccccc5cc4c23)=NC1c1ccccc1. The van der Waals surface area contributed by atoms with Gasteiger partial charge in [0.2, 0.25) is 0 Å². The molecule has 3 unspecified atom stereocenters. The van der Waals surface area contributed by atoms with Gasteiger partial charge in [0.25, 0.3) is 0 Å². The summed E-state index contributed by atoms with van der Waals surface area (Å²) in [5.74, 6) is 0.866. The maximum atomic E-state index is 6.91. The molecular weight excluding hydrogens is 741 g/mol. The van der Waals surface area contributed by atoms with Crippen LogP contribution in [0.15, 0.2) is 191 Å². The third-order valence-electron chi connectivity index (χ3n) is 13.9. The van der Waals surface area contributed by atoms with Crippen LogP contribution in [-0.4, -0.2) is 10.3 Å². The van der Waals surface area contributed by atoms with Gasteiger partial charge in [-0.3, -0.25) is 4.99 Å². The molecule has 12 rings (SSSR count). The van der Waals surface area contributed by atoms with E-state index in [-0.39, 0.29) is 12.0 Å². The quantitative estimate of drug-likeness (QED) is 0.171. The Kier molecular flexibility index (Phi) is 8.45. The van der Waals surface area contributed by atoms with Crippen LogP contribution in [0, 0.1) is 11.8 Å². The minimum Gasteiger partial charge on any atom is -0.456 e. The van der Waals surface area contributed by atoms with Gasteiger partial charge in [0.15, 0.2) is 0 Å². The molecule has 0 radical (unpaired) electrons. The average molecular weight is 787 g/mol. The van der Waals surface area contributed by atoms with Crippen LogP contribution in [0.25, 0.3) is 81.7 Å². The Morgan fingerprint density at radius 2 is 1.03 bits per heavy atom. The average Bonchev–Trinajstić information content (AvgIpc) is 3.82. The first-order chi connectivity index (χ1) is 30.1. The highest BCUT2D eigenvalue weighted by molar-refractivity contribution is 6.24. The molecule has 0 saturated carbocycles. The van der Waals surface area contributed by atoms with Gasteiger partial charge in [-0.25, -0.2) is 0 Å². The van der Waals surface area contributed by atoms with Crippen molar-refractivity contribution in [2.24, 2.45) is 16.8 Å². The molecule has 11 aromatic rings. The highest BCUT2D eigenvalue weighted by atomic mass is 16.3. The first kappa shape index (κ1) is 35.9. The van der Waals surface area contributed by atoms with E-state index in [9.17, 15) is 0 Å². The number of aliphatic imine (C=N–C) groups is 1. The second-order valence-corrected chi connectivity index (χ2v) is 17.3. The molecule has 0 fully saturated rings. The highest BCUT2D eigenvalue weighted by Gasteiger charge is 2.36. The summed E-state index contributed by atoms with van der Waals surface area (Å²) in [4.78, 5) is 6.18. The third kappa shape index (κ3) is 5.82. The van der Waals surface area contributed by atoms with Gasteiger partial charge in [0.1, 0.15) is 11.2 Å². The molecule has 4 atom stereocenters. The predicted octanol–water partition coefficient (Wildman–Crippen LogP) is 15.9. The molecule has 3 nitrogen and oxygen atoms in total. The fourth-order valence-electron chi connectivity index (χ4n) is 10.9. The lowest BCUT2D eigenvalue weighted by atomic mass is 9.72. The molecule has 2 aromatic heterocycles. The lowest BCUT2D eigenvalue weighted by Crippen LogP contribution is -2.27. The molecule has 3 heteroatoms. The molecule has 61 heavy (non-hydrogen) atoms. The number of fused-ring (bicyclic) bond motifs is 9. The van der Waals surface area contributed by atoms with Crippen LogP contribution in [0.1, 0.15) is 61.8 Å². The first-order valence-electron chi connectivity index (χ1n) is 22.0. The number of nitrogens with zero attached hydrogens (tertiary/aromatic N) is 2. The summed E-state index contributed by atoms with van der Waals surface area (Å²) in [7, 11) is 0. The summed E-state index contributed by atoms with van der Waals surface area (Å²) in [5, 5.41) is 12.1. The summed E-state index contributed by atoms with van der Waals surface area (Å²) in [5.41, 5.74) is 10.3. The molecule has 1 aliphatic rings. The summed E-state index contributed by atoms with van der Waals surface area (Å²) in [6, 6.07) is 67.2. The molecule has 0 amide bonds. The van der Waals surface area contributed by atoms with Crippen LogP contribution in [0.2, 0.25) is 0 Å². The van der Waals surface area contributed by atoms with E-state index in [0.29, 0.717) is 11.8 Å². The van der Waals surface area contributed by atoms with E-state index >= 15 is 0 Å². The van der Waals surface area contributed by atoms with Crippen molar-refractivity contribution in [3.8, 4) is 5.69 Å². The monoisotopic (exact) mass is 786 g/mol. The number of furan rings is 1. The standard InChI is InChI=1S/C58H46N2O/c1-3-45-46(37-16-6-4-7-17-37)27-26-36(2)57(59-58(45)38-18-8-5-9-19-38)56-50(28-29-53-55(56)49-32-41-22-12-15-25-44(41)35-54(49)61-53)60-51-33-42-23-13-10-20-39(42)30-47(51)48-31-40-21-11-14-24-43(40)34-52(48)60/h4-25,28-36,45-46,58H,3,26-27H2,1-2H3/t36?,45-,46?,58?/m0/s1. The number of hydrogen-bond acceptors (Lipinski definition) is 2. The van der Waals surface area contributed by atoms with Crippen LogP contribution < -0.4 is 0 Å². The number of benzene rings is 9. The topological polar surface area (TPSA) is 30.4 Å². The second-order valence-electron chi connectivity index (χ2n) is 17.3. The molecule has 0 saturated heterocycles. The van der Waals surface area contributed by atoms with Gasteiger partial charge in [-0.05, 0) is 123 Å².